The molecule has 0 N–H and O–H groups in total. The second-order valence-electron chi connectivity index (χ2n) is 3.03. The zero-order valence-electron chi connectivity index (χ0n) is 9.17. The lowest BCUT2D eigenvalue weighted by Gasteiger charge is -2.09. The molecule has 1 aromatic carbocycles. The first kappa shape index (κ1) is 12.8. The summed E-state index contributed by atoms with van der Waals surface area (Å²) in [5, 5.41) is 0. The monoisotopic (exact) mass is 246 g/mol. The number of hydrogen-bond acceptors (Lipinski definition) is 5. The second-order valence-corrected chi connectivity index (χ2v) is 4.67. The number of hydrogen-bond donors (Lipinski definition) is 0. The third-order valence-electron chi connectivity index (χ3n) is 1.71. The van der Waals surface area contributed by atoms with E-state index in [1.807, 2.05) is 6.07 Å². The highest BCUT2D eigenvalue weighted by atomic mass is 32.2. The Hall–Kier alpha value is -1.27. The molecule has 90 valence electrons. The first-order valence-corrected chi connectivity index (χ1v) is 6.45. The summed E-state index contributed by atoms with van der Waals surface area (Å²) in [6.45, 7) is 0.129. The number of para-hydroxylation sites is 2. The van der Waals surface area contributed by atoms with Crippen molar-refractivity contribution in [2.75, 3.05) is 26.6 Å². The van der Waals surface area contributed by atoms with Crippen molar-refractivity contribution in [2.45, 2.75) is 0 Å². The van der Waals surface area contributed by atoms with Crippen molar-refractivity contribution in [3.05, 3.63) is 24.3 Å². The maximum Gasteiger partial charge on any atom is 0.264 e. The Labute approximate surface area is 95.1 Å². The summed E-state index contributed by atoms with van der Waals surface area (Å²) in [5.41, 5.74) is 0. The molecule has 0 atom stereocenters. The summed E-state index contributed by atoms with van der Waals surface area (Å²) in [5.74, 6) is 1.16. The Kier molecular flexibility index (Phi) is 4.57. The van der Waals surface area contributed by atoms with Gasteiger partial charge in [0.05, 0.1) is 13.4 Å². The molecule has 16 heavy (non-hydrogen) atoms. The van der Waals surface area contributed by atoms with Gasteiger partial charge in [0.2, 0.25) is 0 Å². The van der Waals surface area contributed by atoms with Gasteiger partial charge < -0.3 is 9.47 Å². The van der Waals surface area contributed by atoms with Gasteiger partial charge in [-0.15, -0.1) is 0 Å². The van der Waals surface area contributed by atoms with E-state index in [-0.39, 0.29) is 13.2 Å². The molecule has 1 aromatic rings. The fourth-order valence-corrected chi connectivity index (χ4v) is 1.45. The SMILES string of the molecule is COc1ccccc1OCCOS(C)(=O)=O. The van der Waals surface area contributed by atoms with Gasteiger partial charge in [0.1, 0.15) is 13.2 Å². The average Bonchev–Trinajstić information content (AvgIpc) is 2.23. The fourth-order valence-electron chi connectivity index (χ4n) is 1.08. The van der Waals surface area contributed by atoms with Crippen molar-refractivity contribution in [3.8, 4) is 11.5 Å². The van der Waals surface area contributed by atoms with Crippen LogP contribution in [0.25, 0.3) is 0 Å². The lowest BCUT2D eigenvalue weighted by atomic mass is 10.3. The van der Waals surface area contributed by atoms with Gasteiger partial charge in [0, 0.05) is 0 Å². The van der Waals surface area contributed by atoms with E-state index < -0.39 is 10.1 Å². The van der Waals surface area contributed by atoms with Crippen molar-refractivity contribution in [1.82, 2.24) is 0 Å². The van der Waals surface area contributed by atoms with Crippen LogP contribution in [0.1, 0.15) is 0 Å². The second kappa shape index (κ2) is 5.72. The number of methoxy groups -OCH3 is 1. The van der Waals surface area contributed by atoms with Crippen LogP contribution in [0.4, 0.5) is 0 Å². The quantitative estimate of drug-likeness (QED) is 0.554. The molecule has 0 saturated carbocycles. The molecule has 0 aliphatic rings. The van der Waals surface area contributed by atoms with E-state index in [2.05, 4.69) is 4.18 Å². The smallest absolute Gasteiger partial charge is 0.264 e. The van der Waals surface area contributed by atoms with Gasteiger partial charge in [0.25, 0.3) is 10.1 Å². The highest BCUT2D eigenvalue weighted by Crippen LogP contribution is 2.25. The average molecular weight is 246 g/mol. The Morgan fingerprint density at radius 3 is 2.31 bits per heavy atom. The number of ether oxygens (including phenoxy) is 2. The van der Waals surface area contributed by atoms with Crippen LogP contribution in [-0.2, 0) is 14.3 Å². The minimum atomic E-state index is -3.41. The molecule has 0 spiro atoms. The van der Waals surface area contributed by atoms with Gasteiger partial charge in [-0.3, -0.25) is 4.18 Å². The van der Waals surface area contributed by atoms with E-state index in [0.29, 0.717) is 11.5 Å². The Bertz CT molecular complexity index is 427. The van der Waals surface area contributed by atoms with E-state index in [4.69, 9.17) is 9.47 Å². The largest absolute Gasteiger partial charge is 0.493 e. The molecular weight excluding hydrogens is 232 g/mol. The standard InChI is InChI=1S/C10H14O5S/c1-13-9-5-3-4-6-10(9)14-7-8-15-16(2,11)12/h3-6H,7-8H2,1-2H3. The first-order valence-electron chi connectivity index (χ1n) is 4.63. The number of benzene rings is 1. The van der Waals surface area contributed by atoms with Crippen molar-refractivity contribution in [3.63, 3.8) is 0 Å². The maximum atomic E-state index is 10.7. The highest BCUT2D eigenvalue weighted by molar-refractivity contribution is 7.85. The molecule has 1 rings (SSSR count). The molecule has 0 amide bonds. The summed E-state index contributed by atoms with van der Waals surface area (Å²) < 4.78 is 36.2. The van der Waals surface area contributed by atoms with Crippen LogP contribution < -0.4 is 9.47 Å². The summed E-state index contributed by atoms with van der Waals surface area (Å²) in [6.07, 6.45) is 0.996. The van der Waals surface area contributed by atoms with Crippen molar-refractivity contribution in [2.24, 2.45) is 0 Å². The van der Waals surface area contributed by atoms with E-state index in [0.717, 1.165) is 6.26 Å². The Balaban J connectivity index is 2.43. The lowest BCUT2D eigenvalue weighted by Crippen LogP contribution is -2.11. The molecular formula is C10H14O5S. The third kappa shape index (κ3) is 4.50. The van der Waals surface area contributed by atoms with E-state index in [9.17, 15) is 8.42 Å². The van der Waals surface area contributed by atoms with Crippen molar-refractivity contribution < 1.29 is 22.1 Å². The van der Waals surface area contributed by atoms with Gasteiger partial charge in [-0.25, -0.2) is 0 Å². The molecule has 0 aliphatic heterocycles. The molecule has 0 unspecified atom stereocenters. The molecule has 5 nitrogen and oxygen atoms in total. The van der Waals surface area contributed by atoms with Crippen LogP contribution in [0.5, 0.6) is 11.5 Å². The van der Waals surface area contributed by atoms with Gasteiger partial charge in [-0.1, -0.05) is 12.1 Å². The Morgan fingerprint density at radius 2 is 1.75 bits per heavy atom. The van der Waals surface area contributed by atoms with Crippen LogP contribution in [0.15, 0.2) is 24.3 Å². The predicted molar refractivity (Wildman–Crippen MR) is 59.3 cm³/mol. The van der Waals surface area contributed by atoms with Gasteiger partial charge >= 0.3 is 0 Å². The van der Waals surface area contributed by atoms with Crippen LogP contribution in [0.2, 0.25) is 0 Å². The molecule has 0 heterocycles. The van der Waals surface area contributed by atoms with Crippen LogP contribution in [-0.4, -0.2) is 35.0 Å². The first-order chi connectivity index (χ1) is 7.53. The molecule has 6 heteroatoms. The molecule has 0 aromatic heterocycles. The number of rotatable bonds is 6. The predicted octanol–water partition coefficient (Wildman–Crippen LogP) is 1.05. The maximum absolute atomic E-state index is 10.7. The zero-order valence-corrected chi connectivity index (χ0v) is 9.99. The van der Waals surface area contributed by atoms with Gasteiger partial charge in [0.15, 0.2) is 11.5 Å². The Morgan fingerprint density at radius 1 is 1.12 bits per heavy atom. The molecule has 0 bridgehead atoms. The van der Waals surface area contributed by atoms with E-state index >= 15 is 0 Å². The summed E-state index contributed by atoms with van der Waals surface area (Å²) in [4.78, 5) is 0. The van der Waals surface area contributed by atoms with Gasteiger partial charge in [-0.2, -0.15) is 8.42 Å². The van der Waals surface area contributed by atoms with Crippen LogP contribution in [0, 0.1) is 0 Å². The molecule has 0 saturated heterocycles. The van der Waals surface area contributed by atoms with Crippen LogP contribution in [0.3, 0.4) is 0 Å². The summed E-state index contributed by atoms with van der Waals surface area (Å²) >= 11 is 0. The van der Waals surface area contributed by atoms with Gasteiger partial charge in [-0.05, 0) is 12.1 Å². The normalized spacial score (nSPS) is 11.1. The molecule has 0 radical (unpaired) electrons. The van der Waals surface area contributed by atoms with Crippen LogP contribution >= 0.6 is 0 Å². The minimum absolute atomic E-state index is 0.0170. The highest BCUT2D eigenvalue weighted by Gasteiger charge is 2.04. The van der Waals surface area contributed by atoms with Crippen molar-refractivity contribution in [1.29, 1.82) is 0 Å². The lowest BCUT2D eigenvalue weighted by molar-refractivity contribution is 0.216. The summed E-state index contributed by atoms with van der Waals surface area (Å²) in [7, 11) is -1.87. The van der Waals surface area contributed by atoms with E-state index in [1.165, 1.54) is 7.11 Å². The van der Waals surface area contributed by atoms with E-state index in [1.54, 1.807) is 18.2 Å². The molecule has 0 fully saturated rings. The third-order valence-corrected chi connectivity index (χ3v) is 2.30. The topological polar surface area (TPSA) is 61.8 Å². The summed E-state index contributed by atoms with van der Waals surface area (Å²) in [6, 6.07) is 7.11. The zero-order chi connectivity index (χ0) is 12.0. The van der Waals surface area contributed by atoms with Crippen molar-refractivity contribution >= 4 is 10.1 Å². The minimum Gasteiger partial charge on any atom is -0.493 e. The fraction of sp³-hybridized carbons (Fsp3) is 0.400. The molecule has 0 aliphatic carbocycles.